The van der Waals surface area contributed by atoms with Gasteiger partial charge in [0.25, 0.3) is 0 Å². The first-order chi connectivity index (χ1) is 5.88. The van der Waals surface area contributed by atoms with Gasteiger partial charge < -0.3 is 4.43 Å². The van der Waals surface area contributed by atoms with Gasteiger partial charge in [0.05, 0.1) is 11.6 Å². The molecule has 12 heavy (non-hydrogen) atoms. The summed E-state index contributed by atoms with van der Waals surface area (Å²) in [5.41, 5.74) is 0.236. The van der Waals surface area contributed by atoms with Gasteiger partial charge in [-0.15, -0.1) is 0 Å². The van der Waals surface area contributed by atoms with Crippen LogP contribution >= 0.6 is 0 Å². The summed E-state index contributed by atoms with van der Waals surface area (Å²) >= 11 is 0. The molecule has 1 rings (SSSR count). The highest BCUT2D eigenvalue weighted by Crippen LogP contribution is 2.24. The fourth-order valence-electron chi connectivity index (χ4n) is 1.54. The third-order valence-electron chi connectivity index (χ3n) is 2.23. The van der Waals surface area contributed by atoms with Gasteiger partial charge in [0, 0.05) is 6.61 Å². The van der Waals surface area contributed by atoms with E-state index in [1.807, 2.05) is 0 Å². The number of hydrogen-bond donors (Lipinski definition) is 0. The number of rotatable bonds is 3. The van der Waals surface area contributed by atoms with E-state index in [1.54, 1.807) is 0 Å². The lowest BCUT2D eigenvalue weighted by atomic mass is 10.3. The Morgan fingerprint density at radius 2 is 2.42 bits per heavy atom. The highest BCUT2D eigenvalue weighted by Gasteiger charge is 2.26. The van der Waals surface area contributed by atoms with Gasteiger partial charge in [0.1, 0.15) is 0 Å². The third kappa shape index (κ3) is 2.61. The van der Waals surface area contributed by atoms with E-state index < -0.39 is 9.04 Å². The molecule has 1 fully saturated rings. The van der Waals surface area contributed by atoms with Crippen molar-refractivity contribution < 1.29 is 4.43 Å². The number of nitrogens with zero attached hydrogens (tertiary/aromatic N) is 1. The first kappa shape index (κ1) is 9.75. The van der Waals surface area contributed by atoms with E-state index in [0.717, 1.165) is 19.4 Å². The summed E-state index contributed by atoms with van der Waals surface area (Å²) in [6.07, 6.45) is 4.61. The lowest BCUT2D eigenvalue weighted by molar-refractivity contribution is 0.282. The molecule has 1 aliphatic heterocycles. The second kappa shape index (κ2) is 5.34. The molecule has 0 N–H and O–H groups in total. The Bertz CT molecular complexity index is 160. The average molecular weight is 182 g/mol. The highest BCUT2D eigenvalue weighted by molar-refractivity contribution is 6.54. The molecule has 0 bridgehead atoms. The maximum absolute atomic E-state index is 8.90. The van der Waals surface area contributed by atoms with E-state index in [2.05, 4.69) is 13.0 Å². The first-order valence-corrected chi connectivity index (χ1v) is 6.46. The van der Waals surface area contributed by atoms with Gasteiger partial charge in [-0.05, 0) is 18.9 Å². The topological polar surface area (TPSA) is 33.0 Å². The lowest BCUT2D eigenvalue weighted by Gasteiger charge is -2.23. The fraction of sp³-hybridized carbons (Fsp3) is 0.889. The summed E-state index contributed by atoms with van der Waals surface area (Å²) in [6, 6.07) is 3.58. The Kier molecular flexibility index (Phi) is 4.34. The zero-order valence-electron chi connectivity index (χ0n) is 7.68. The highest BCUT2D eigenvalue weighted by atomic mass is 28.3. The van der Waals surface area contributed by atoms with Gasteiger partial charge in [-0.3, -0.25) is 0 Å². The van der Waals surface area contributed by atoms with E-state index in [1.165, 1.54) is 18.9 Å². The van der Waals surface area contributed by atoms with Crippen molar-refractivity contribution in [2.75, 3.05) is 6.61 Å². The van der Waals surface area contributed by atoms with E-state index in [4.69, 9.17) is 9.69 Å². The van der Waals surface area contributed by atoms with Crippen molar-refractivity contribution in [1.82, 2.24) is 0 Å². The zero-order valence-corrected chi connectivity index (χ0v) is 8.68. The SMILES string of the molecule is CCCC(C#N)[Si]1CCCCO1. The van der Waals surface area contributed by atoms with Crippen molar-refractivity contribution in [2.45, 2.75) is 44.2 Å². The molecule has 2 nitrogen and oxygen atoms in total. The van der Waals surface area contributed by atoms with Crippen LogP contribution in [0, 0.1) is 11.3 Å². The Balaban J connectivity index is 2.36. The van der Waals surface area contributed by atoms with E-state index in [-0.39, 0.29) is 5.54 Å². The van der Waals surface area contributed by atoms with Crippen molar-refractivity contribution in [3.63, 3.8) is 0 Å². The zero-order chi connectivity index (χ0) is 8.81. The smallest absolute Gasteiger partial charge is 0.229 e. The first-order valence-electron chi connectivity index (χ1n) is 4.76. The van der Waals surface area contributed by atoms with Crippen LogP contribution < -0.4 is 0 Å². The molecule has 67 valence electrons. The maximum Gasteiger partial charge on any atom is 0.229 e. The largest absolute Gasteiger partial charge is 0.415 e. The standard InChI is InChI=1S/C9H16NOSi/c1-2-5-9(8-10)12-7-4-3-6-11-12/h9H,2-7H2,1H3. The molecular formula is C9H16NOSi. The van der Waals surface area contributed by atoms with Crippen LogP contribution in [-0.2, 0) is 4.43 Å². The van der Waals surface area contributed by atoms with Gasteiger partial charge in [-0.2, -0.15) is 5.26 Å². The third-order valence-corrected chi connectivity index (χ3v) is 4.84. The van der Waals surface area contributed by atoms with Gasteiger partial charge in [-0.25, -0.2) is 0 Å². The van der Waals surface area contributed by atoms with Crippen molar-refractivity contribution in [3.8, 4) is 6.07 Å². The molecular weight excluding hydrogens is 166 g/mol. The van der Waals surface area contributed by atoms with Gasteiger partial charge in [-0.1, -0.05) is 19.8 Å². The van der Waals surface area contributed by atoms with Crippen LogP contribution in [0.3, 0.4) is 0 Å². The molecule has 1 radical (unpaired) electrons. The van der Waals surface area contributed by atoms with E-state index in [9.17, 15) is 0 Å². The summed E-state index contributed by atoms with van der Waals surface area (Å²) < 4.78 is 5.66. The van der Waals surface area contributed by atoms with E-state index in [0.29, 0.717) is 0 Å². The minimum absolute atomic E-state index is 0.236. The molecule has 0 aromatic heterocycles. The minimum Gasteiger partial charge on any atom is -0.415 e. The molecule has 3 heteroatoms. The normalized spacial score (nSPS) is 21.7. The van der Waals surface area contributed by atoms with Gasteiger partial charge in [0.2, 0.25) is 9.04 Å². The maximum atomic E-state index is 8.90. The lowest BCUT2D eigenvalue weighted by Crippen LogP contribution is -2.28. The van der Waals surface area contributed by atoms with Crippen LogP contribution in [-0.4, -0.2) is 15.6 Å². The molecule has 0 aromatic carbocycles. The Hall–Kier alpha value is -0.333. The molecule has 1 aliphatic rings. The molecule has 1 atom stereocenters. The van der Waals surface area contributed by atoms with Crippen molar-refractivity contribution in [3.05, 3.63) is 0 Å². The predicted molar refractivity (Wildman–Crippen MR) is 50.0 cm³/mol. The quantitative estimate of drug-likeness (QED) is 0.628. The number of hydrogen-bond acceptors (Lipinski definition) is 2. The Labute approximate surface area is 76.3 Å². The van der Waals surface area contributed by atoms with Crippen LogP contribution in [0.4, 0.5) is 0 Å². The van der Waals surface area contributed by atoms with Crippen molar-refractivity contribution in [1.29, 1.82) is 5.26 Å². The molecule has 0 saturated carbocycles. The second-order valence-electron chi connectivity index (χ2n) is 3.24. The van der Waals surface area contributed by atoms with Crippen LogP contribution in [0.5, 0.6) is 0 Å². The van der Waals surface area contributed by atoms with E-state index >= 15 is 0 Å². The van der Waals surface area contributed by atoms with Crippen LogP contribution in [0.2, 0.25) is 11.6 Å². The van der Waals surface area contributed by atoms with Crippen molar-refractivity contribution >= 4 is 9.04 Å². The van der Waals surface area contributed by atoms with Crippen LogP contribution in [0.25, 0.3) is 0 Å². The summed E-state index contributed by atoms with van der Waals surface area (Å²) in [5, 5.41) is 8.90. The summed E-state index contributed by atoms with van der Waals surface area (Å²) in [7, 11) is -0.761. The summed E-state index contributed by atoms with van der Waals surface area (Å²) in [6.45, 7) is 3.03. The Morgan fingerprint density at radius 3 is 2.92 bits per heavy atom. The molecule has 1 unspecified atom stereocenters. The second-order valence-corrected chi connectivity index (χ2v) is 5.66. The Morgan fingerprint density at radius 1 is 1.58 bits per heavy atom. The fourth-order valence-corrected chi connectivity index (χ4v) is 3.99. The molecule has 0 aliphatic carbocycles. The summed E-state index contributed by atoms with van der Waals surface area (Å²) in [4.78, 5) is 0. The van der Waals surface area contributed by atoms with Gasteiger partial charge in [0.15, 0.2) is 0 Å². The average Bonchev–Trinajstić information content (AvgIpc) is 2.15. The summed E-state index contributed by atoms with van der Waals surface area (Å²) in [5.74, 6) is 0. The van der Waals surface area contributed by atoms with Crippen LogP contribution in [0.1, 0.15) is 32.6 Å². The monoisotopic (exact) mass is 182 g/mol. The number of nitriles is 1. The van der Waals surface area contributed by atoms with Crippen molar-refractivity contribution in [2.24, 2.45) is 0 Å². The molecule has 0 aromatic rings. The minimum atomic E-state index is -0.761. The predicted octanol–water partition coefficient (Wildman–Crippen LogP) is 2.48. The molecule has 0 amide bonds. The molecule has 0 spiro atoms. The molecule has 1 heterocycles. The van der Waals surface area contributed by atoms with Gasteiger partial charge >= 0.3 is 0 Å². The molecule has 1 saturated heterocycles. The van der Waals surface area contributed by atoms with Crippen LogP contribution in [0.15, 0.2) is 0 Å².